The Morgan fingerprint density at radius 3 is 2.60 bits per heavy atom. The number of hydrogen-bond donors (Lipinski definition) is 1. The van der Waals surface area contributed by atoms with Gasteiger partial charge in [-0.3, -0.25) is 4.79 Å². The SMILES string of the molecule is CN(C)CCCNC(=O)C1CCN(S(=O)(=O)c2cccc(Cl)c2)CC1. The number of rotatable bonds is 7. The second-order valence-corrected chi connectivity index (χ2v) is 8.96. The lowest BCUT2D eigenvalue weighted by Crippen LogP contribution is -2.43. The monoisotopic (exact) mass is 387 g/mol. The molecule has 1 fully saturated rings. The Balaban J connectivity index is 1.85. The van der Waals surface area contributed by atoms with Crippen LogP contribution in [0.1, 0.15) is 19.3 Å². The number of amides is 1. The number of halogens is 1. The Kier molecular flexibility index (Phi) is 7.25. The van der Waals surface area contributed by atoms with Crippen LogP contribution in [0.5, 0.6) is 0 Å². The zero-order valence-electron chi connectivity index (χ0n) is 14.7. The summed E-state index contributed by atoms with van der Waals surface area (Å²) in [4.78, 5) is 14.5. The van der Waals surface area contributed by atoms with Crippen molar-refractivity contribution in [3.8, 4) is 0 Å². The van der Waals surface area contributed by atoms with Gasteiger partial charge >= 0.3 is 0 Å². The molecular weight excluding hydrogens is 362 g/mol. The molecule has 1 aromatic rings. The second kappa shape index (κ2) is 8.98. The Hall–Kier alpha value is -1.15. The van der Waals surface area contributed by atoms with Crippen molar-refractivity contribution >= 4 is 27.5 Å². The Bertz CT molecular complexity index is 686. The number of nitrogens with one attached hydrogen (secondary N) is 1. The van der Waals surface area contributed by atoms with Crippen molar-refractivity contribution in [1.29, 1.82) is 0 Å². The molecule has 0 spiro atoms. The number of benzene rings is 1. The minimum Gasteiger partial charge on any atom is -0.356 e. The topological polar surface area (TPSA) is 69.7 Å². The van der Waals surface area contributed by atoms with Crippen molar-refractivity contribution in [2.45, 2.75) is 24.2 Å². The molecule has 1 aromatic carbocycles. The van der Waals surface area contributed by atoms with Crippen molar-refractivity contribution in [1.82, 2.24) is 14.5 Å². The molecule has 0 bridgehead atoms. The molecule has 2 rings (SSSR count). The number of carbonyl (C=O) groups excluding carboxylic acids is 1. The van der Waals surface area contributed by atoms with Crippen LogP contribution >= 0.6 is 11.6 Å². The molecule has 6 nitrogen and oxygen atoms in total. The van der Waals surface area contributed by atoms with Gasteiger partial charge in [-0.05, 0) is 58.1 Å². The fraction of sp³-hybridized carbons (Fsp3) is 0.588. The highest BCUT2D eigenvalue weighted by Crippen LogP contribution is 2.25. The van der Waals surface area contributed by atoms with E-state index in [9.17, 15) is 13.2 Å². The standard InChI is InChI=1S/C17H26ClN3O3S/c1-20(2)10-4-9-19-17(22)14-7-11-21(12-8-14)25(23,24)16-6-3-5-15(18)13-16/h3,5-6,13-14H,4,7-12H2,1-2H3,(H,19,22). The van der Waals surface area contributed by atoms with Gasteiger partial charge in [0.05, 0.1) is 4.90 Å². The summed E-state index contributed by atoms with van der Waals surface area (Å²) in [6.07, 6.45) is 1.99. The minimum absolute atomic E-state index is 0.0264. The maximum Gasteiger partial charge on any atom is 0.243 e. The summed E-state index contributed by atoms with van der Waals surface area (Å²) in [5.74, 6) is -0.0938. The molecule has 0 atom stereocenters. The Morgan fingerprint density at radius 1 is 1.32 bits per heavy atom. The van der Waals surface area contributed by atoms with Crippen LogP contribution in [0.4, 0.5) is 0 Å². The summed E-state index contributed by atoms with van der Waals surface area (Å²) in [6.45, 7) is 2.28. The highest BCUT2D eigenvalue weighted by Gasteiger charge is 2.32. The predicted octanol–water partition coefficient (Wildman–Crippen LogP) is 1.81. The second-order valence-electron chi connectivity index (χ2n) is 6.58. The Morgan fingerprint density at radius 2 is 2.00 bits per heavy atom. The lowest BCUT2D eigenvalue weighted by Gasteiger charge is -2.30. The van der Waals surface area contributed by atoms with Gasteiger partial charge in [0.15, 0.2) is 0 Å². The van der Waals surface area contributed by atoms with Crippen LogP contribution in [0.15, 0.2) is 29.2 Å². The molecule has 1 amide bonds. The highest BCUT2D eigenvalue weighted by molar-refractivity contribution is 7.89. The molecule has 0 radical (unpaired) electrons. The summed E-state index contributed by atoms with van der Waals surface area (Å²) in [6, 6.07) is 6.28. The van der Waals surface area contributed by atoms with Crippen LogP contribution in [0.3, 0.4) is 0 Å². The molecule has 0 aliphatic carbocycles. The average Bonchev–Trinajstić information content (AvgIpc) is 2.58. The van der Waals surface area contributed by atoms with Gasteiger partial charge in [0.2, 0.25) is 15.9 Å². The maximum absolute atomic E-state index is 12.7. The molecule has 0 unspecified atom stereocenters. The third-order valence-corrected chi connectivity index (χ3v) is 6.47. The van der Waals surface area contributed by atoms with Gasteiger partial charge in [0.25, 0.3) is 0 Å². The molecule has 1 heterocycles. The zero-order valence-corrected chi connectivity index (χ0v) is 16.3. The number of carbonyl (C=O) groups is 1. The lowest BCUT2D eigenvalue weighted by molar-refractivity contribution is -0.126. The van der Waals surface area contributed by atoms with E-state index in [4.69, 9.17) is 11.6 Å². The third kappa shape index (κ3) is 5.67. The quantitative estimate of drug-likeness (QED) is 0.724. The van der Waals surface area contributed by atoms with Crippen molar-refractivity contribution < 1.29 is 13.2 Å². The molecule has 1 aliphatic rings. The van der Waals surface area contributed by atoms with Crippen molar-refractivity contribution in [3.63, 3.8) is 0 Å². The number of sulfonamides is 1. The highest BCUT2D eigenvalue weighted by atomic mass is 35.5. The molecule has 1 N–H and O–H groups in total. The van der Waals surface area contributed by atoms with E-state index < -0.39 is 10.0 Å². The first-order valence-corrected chi connectivity index (χ1v) is 10.3. The minimum atomic E-state index is -3.55. The molecule has 1 saturated heterocycles. The fourth-order valence-corrected chi connectivity index (χ4v) is 4.66. The largest absolute Gasteiger partial charge is 0.356 e. The number of piperidine rings is 1. The molecule has 0 saturated carbocycles. The molecular formula is C17H26ClN3O3S. The van der Waals surface area contributed by atoms with Crippen molar-refractivity contribution in [2.75, 3.05) is 40.3 Å². The lowest BCUT2D eigenvalue weighted by atomic mass is 9.97. The van der Waals surface area contributed by atoms with Gasteiger partial charge in [-0.25, -0.2) is 8.42 Å². The maximum atomic E-state index is 12.7. The third-order valence-electron chi connectivity index (χ3n) is 4.34. The predicted molar refractivity (Wildman–Crippen MR) is 99.1 cm³/mol. The molecule has 1 aliphatic heterocycles. The van der Waals surface area contributed by atoms with Crippen LogP contribution in [0.2, 0.25) is 5.02 Å². The zero-order chi connectivity index (χ0) is 18.4. The van der Waals surface area contributed by atoms with E-state index in [1.165, 1.54) is 10.4 Å². The van der Waals surface area contributed by atoms with Gasteiger partial charge < -0.3 is 10.2 Å². The average molecular weight is 388 g/mol. The van der Waals surface area contributed by atoms with E-state index >= 15 is 0 Å². The van der Waals surface area contributed by atoms with Crippen molar-refractivity contribution in [3.05, 3.63) is 29.3 Å². The van der Waals surface area contributed by atoms with Gasteiger partial charge in [0, 0.05) is 30.6 Å². The first-order chi connectivity index (χ1) is 11.8. The molecule has 25 heavy (non-hydrogen) atoms. The molecule has 140 valence electrons. The van der Waals surface area contributed by atoms with Crippen LogP contribution in [-0.4, -0.2) is 63.8 Å². The summed E-state index contributed by atoms with van der Waals surface area (Å²) in [5, 5.41) is 3.35. The van der Waals surface area contributed by atoms with Gasteiger partial charge in [-0.2, -0.15) is 4.31 Å². The van der Waals surface area contributed by atoms with Gasteiger partial charge in [0.1, 0.15) is 0 Å². The van der Waals surface area contributed by atoms with Crippen LogP contribution < -0.4 is 5.32 Å². The van der Waals surface area contributed by atoms with E-state index in [0.29, 0.717) is 37.5 Å². The summed E-state index contributed by atoms with van der Waals surface area (Å²) < 4.78 is 26.7. The summed E-state index contributed by atoms with van der Waals surface area (Å²) in [5.41, 5.74) is 0. The van der Waals surface area contributed by atoms with E-state index in [1.807, 2.05) is 14.1 Å². The van der Waals surface area contributed by atoms with E-state index in [1.54, 1.807) is 18.2 Å². The molecule has 0 aromatic heterocycles. The summed E-state index contributed by atoms with van der Waals surface area (Å²) in [7, 11) is 0.443. The molecule has 8 heteroatoms. The smallest absolute Gasteiger partial charge is 0.243 e. The first kappa shape index (κ1) is 20.2. The number of hydrogen-bond acceptors (Lipinski definition) is 4. The van der Waals surface area contributed by atoms with Crippen LogP contribution in [0, 0.1) is 5.92 Å². The van der Waals surface area contributed by atoms with E-state index in [-0.39, 0.29) is 16.7 Å². The van der Waals surface area contributed by atoms with E-state index in [0.717, 1.165) is 13.0 Å². The van der Waals surface area contributed by atoms with Gasteiger partial charge in [-0.15, -0.1) is 0 Å². The van der Waals surface area contributed by atoms with E-state index in [2.05, 4.69) is 10.2 Å². The fourth-order valence-electron chi connectivity index (χ4n) is 2.89. The first-order valence-electron chi connectivity index (χ1n) is 8.49. The van der Waals surface area contributed by atoms with Crippen LogP contribution in [0.25, 0.3) is 0 Å². The van der Waals surface area contributed by atoms with Crippen molar-refractivity contribution in [2.24, 2.45) is 5.92 Å². The number of nitrogens with zero attached hydrogens (tertiary/aromatic N) is 2. The Labute approximate surface area is 155 Å². The van der Waals surface area contributed by atoms with Crippen LogP contribution in [-0.2, 0) is 14.8 Å². The van der Waals surface area contributed by atoms with Gasteiger partial charge in [-0.1, -0.05) is 17.7 Å². The normalized spacial score (nSPS) is 17.0. The summed E-state index contributed by atoms with van der Waals surface area (Å²) >= 11 is 5.90.